The summed E-state index contributed by atoms with van der Waals surface area (Å²) in [5, 5.41) is 0.452. The zero-order valence-corrected chi connectivity index (χ0v) is 20.7. The Morgan fingerprint density at radius 1 is 0.912 bits per heavy atom. The van der Waals surface area contributed by atoms with E-state index in [1.54, 1.807) is 41.3 Å². The first-order valence-electron chi connectivity index (χ1n) is 11.2. The maximum Gasteiger partial charge on any atom is 0.264 e. The van der Waals surface area contributed by atoms with Crippen LogP contribution in [0, 0.1) is 6.92 Å². The first-order valence-corrected chi connectivity index (χ1v) is 13.0. The Morgan fingerprint density at radius 2 is 1.53 bits per heavy atom. The van der Waals surface area contributed by atoms with E-state index in [2.05, 4.69) is 17.0 Å². The normalized spacial score (nSPS) is 14.7. The SMILES string of the molecule is Cc1ccc(N(CC(=O)N2CCN(Cc3ccccc3)CC2)S(=O)(=O)c2ccccc2)cc1Cl. The lowest BCUT2D eigenvalue weighted by molar-refractivity contribution is -0.131. The minimum atomic E-state index is -3.95. The number of sulfonamides is 1. The summed E-state index contributed by atoms with van der Waals surface area (Å²) in [7, 11) is -3.95. The molecule has 3 aromatic carbocycles. The smallest absolute Gasteiger partial charge is 0.264 e. The van der Waals surface area contributed by atoms with Crippen molar-refractivity contribution in [3.63, 3.8) is 0 Å². The van der Waals surface area contributed by atoms with Crippen molar-refractivity contribution in [2.75, 3.05) is 37.0 Å². The Bertz CT molecular complexity index is 1230. The van der Waals surface area contributed by atoms with Gasteiger partial charge in [0.1, 0.15) is 6.54 Å². The van der Waals surface area contributed by atoms with Crippen molar-refractivity contribution in [2.45, 2.75) is 18.4 Å². The zero-order chi connectivity index (χ0) is 24.1. The van der Waals surface area contributed by atoms with Crippen LogP contribution in [0.1, 0.15) is 11.1 Å². The van der Waals surface area contributed by atoms with E-state index < -0.39 is 10.0 Å². The molecule has 0 N–H and O–H groups in total. The molecule has 1 fully saturated rings. The molecule has 1 aliphatic rings. The van der Waals surface area contributed by atoms with Crippen LogP contribution in [-0.4, -0.2) is 56.8 Å². The van der Waals surface area contributed by atoms with Gasteiger partial charge in [-0.05, 0) is 42.3 Å². The Kier molecular flexibility index (Phi) is 7.56. The van der Waals surface area contributed by atoms with E-state index in [1.165, 1.54) is 17.7 Å². The number of amides is 1. The van der Waals surface area contributed by atoms with Crippen LogP contribution in [0.2, 0.25) is 5.02 Å². The Balaban J connectivity index is 1.50. The number of hydrogen-bond acceptors (Lipinski definition) is 4. The highest BCUT2D eigenvalue weighted by atomic mass is 35.5. The summed E-state index contributed by atoms with van der Waals surface area (Å²) >= 11 is 6.30. The van der Waals surface area contributed by atoms with E-state index in [-0.39, 0.29) is 17.3 Å². The van der Waals surface area contributed by atoms with Crippen LogP contribution in [0.3, 0.4) is 0 Å². The Labute approximate surface area is 206 Å². The van der Waals surface area contributed by atoms with E-state index in [1.807, 2.05) is 25.1 Å². The molecule has 8 heteroatoms. The number of aryl methyl sites for hydroxylation is 1. The van der Waals surface area contributed by atoms with Crippen molar-refractivity contribution in [3.05, 3.63) is 95.0 Å². The third-order valence-corrected chi connectivity index (χ3v) is 8.22. The van der Waals surface area contributed by atoms with Crippen LogP contribution in [0.25, 0.3) is 0 Å². The molecule has 0 aliphatic carbocycles. The second-order valence-corrected chi connectivity index (χ2v) is 10.7. The first kappa shape index (κ1) is 24.3. The molecule has 0 aromatic heterocycles. The molecule has 1 aliphatic heterocycles. The predicted octanol–water partition coefficient (Wildman–Crippen LogP) is 4.19. The Hall–Kier alpha value is -2.87. The number of benzene rings is 3. The largest absolute Gasteiger partial charge is 0.339 e. The van der Waals surface area contributed by atoms with E-state index in [0.29, 0.717) is 23.8 Å². The number of carbonyl (C=O) groups is 1. The van der Waals surface area contributed by atoms with Gasteiger partial charge in [-0.1, -0.05) is 66.2 Å². The summed E-state index contributed by atoms with van der Waals surface area (Å²) in [5.41, 5.74) is 2.44. The molecule has 4 rings (SSSR count). The van der Waals surface area contributed by atoms with Gasteiger partial charge in [0.2, 0.25) is 5.91 Å². The molecule has 0 unspecified atom stereocenters. The minimum absolute atomic E-state index is 0.132. The lowest BCUT2D eigenvalue weighted by Gasteiger charge is -2.36. The molecule has 3 aromatic rings. The highest BCUT2D eigenvalue weighted by molar-refractivity contribution is 7.92. The molecule has 0 spiro atoms. The number of carbonyl (C=O) groups excluding carboxylic acids is 1. The fourth-order valence-electron chi connectivity index (χ4n) is 3.99. The van der Waals surface area contributed by atoms with Gasteiger partial charge >= 0.3 is 0 Å². The predicted molar refractivity (Wildman–Crippen MR) is 135 cm³/mol. The number of rotatable bonds is 7. The first-order chi connectivity index (χ1) is 16.3. The van der Waals surface area contributed by atoms with Crippen LogP contribution in [0.15, 0.2) is 83.8 Å². The molecular formula is C26H28ClN3O3S. The average molecular weight is 498 g/mol. The highest BCUT2D eigenvalue weighted by Gasteiger charge is 2.30. The van der Waals surface area contributed by atoms with Crippen molar-refractivity contribution in [2.24, 2.45) is 0 Å². The van der Waals surface area contributed by atoms with Crippen LogP contribution in [0.4, 0.5) is 5.69 Å². The lowest BCUT2D eigenvalue weighted by Crippen LogP contribution is -2.51. The van der Waals surface area contributed by atoms with Gasteiger partial charge in [0.05, 0.1) is 10.6 Å². The fourth-order valence-corrected chi connectivity index (χ4v) is 5.59. The minimum Gasteiger partial charge on any atom is -0.339 e. The summed E-state index contributed by atoms with van der Waals surface area (Å²) in [6.45, 7) is 4.99. The van der Waals surface area contributed by atoms with Crippen LogP contribution < -0.4 is 4.31 Å². The van der Waals surface area contributed by atoms with Gasteiger partial charge in [-0.25, -0.2) is 8.42 Å². The van der Waals surface area contributed by atoms with E-state index in [9.17, 15) is 13.2 Å². The molecule has 178 valence electrons. The molecule has 1 saturated heterocycles. The summed E-state index contributed by atoms with van der Waals surface area (Å²) in [4.78, 5) is 17.4. The number of anilines is 1. The van der Waals surface area contributed by atoms with Gasteiger partial charge < -0.3 is 4.90 Å². The molecule has 0 atom stereocenters. The second-order valence-electron chi connectivity index (χ2n) is 8.40. The number of nitrogens with zero attached hydrogens (tertiary/aromatic N) is 3. The maximum atomic E-state index is 13.5. The molecule has 0 saturated carbocycles. The third kappa shape index (κ3) is 5.60. The lowest BCUT2D eigenvalue weighted by atomic mass is 10.2. The van der Waals surface area contributed by atoms with E-state index in [0.717, 1.165) is 29.5 Å². The Morgan fingerprint density at radius 3 is 2.15 bits per heavy atom. The molecule has 1 heterocycles. The summed E-state index contributed by atoms with van der Waals surface area (Å²) in [6.07, 6.45) is 0. The van der Waals surface area contributed by atoms with Crippen molar-refractivity contribution in [1.29, 1.82) is 0 Å². The summed E-state index contributed by atoms with van der Waals surface area (Å²) < 4.78 is 28.2. The molecule has 1 amide bonds. The average Bonchev–Trinajstić information content (AvgIpc) is 2.86. The van der Waals surface area contributed by atoms with Gasteiger partial charge in [0, 0.05) is 37.7 Å². The van der Waals surface area contributed by atoms with Gasteiger partial charge in [-0.2, -0.15) is 0 Å². The van der Waals surface area contributed by atoms with Crippen molar-refractivity contribution >= 4 is 33.2 Å². The number of hydrogen-bond donors (Lipinski definition) is 0. The van der Waals surface area contributed by atoms with Crippen LogP contribution >= 0.6 is 11.6 Å². The van der Waals surface area contributed by atoms with E-state index >= 15 is 0 Å². The van der Waals surface area contributed by atoms with Gasteiger partial charge in [0.25, 0.3) is 10.0 Å². The van der Waals surface area contributed by atoms with Crippen molar-refractivity contribution in [1.82, 2.24) is 9.80 Å². The monoisotopic (exact) mass is 497 g/mol. The molecule has 0 bridgehead atoms. The van der Waals surface area contributed by atoms with Gasteiger partial charge in [-0.15, -0.1) is 0 Å². The van der Waals surface area contributed by atoms with Crippen molar-refractivity contribution in [3.8, 4) is 0 Å². The quantitative estimate of drug-likeness (QED) is 0.491. The topological polar surface area (TPSA) is 60.9 Å². The van der Waals surface area contributed by atoms with Gasteiger partial charge in [0.15, 0.2) is 0 Å². The van der Waals surface area contributed by atoms with Crippen LogP contribution in [0.5, 0.6) is 0 Å². The third-order valence-electron chi connectivity index (χ3n) is 6.03. The molecule has 6 nitrogen and oxygen atoms in total. The molecule has 34 heavy (non-hydrogen) atoms. The molecular weight excluding hydrogens is 470 g/mol. The highest BCUT2D eigenvalue weighted by Crippen LogP contribution is 2.28. The van der Waals surface area contributed by atoms with Gasteiger partial charge in [-0.3, -0.25) is 14.0 Å². The second kappa shape index (κ2) is 10.6. The standard InChI is InChI=1S/C26H28ClN3O3S/c1-21-12-13-23(18-25(21)27)30(34(32,33)24-10-6-3-7-11-24)20-26(31)29-16-14-28(15-17-29)19-22-8-4-2-5-9-22/h2-13,18H,14-17,19-20H2,1H3. The fraction of sp³-hybridized carbons (Fsp3) is 0.269. The zero-order valence-electron chi connectivity index (χ0n) is 19.1. The summed E-state index contributed by atoms with van der Waals surface area (Å²) in [6, 6.07) is 23.4. The molecule has 0 radical (unpaired) electrons. The van der Waals surface area contributed by atoms with Crippen LogP contribution in [-0.2, 0) is 21.4 Å². The number of halogens is 1. The maximum absolute atomic E-state index is 13.5. The summed E-state index contributed by atoms with van der Waals surface area (Å²) in [5.74, 6) is -0.226. The van der Waals surface area contributed by atoms with Crippen molar-refractivity contribution < 1.29 is 13.2 Å². The number of piperazine rings is 1. The van der Waals surface area contributed by atoms with E-state index in [4.69, 9.17) is 11.6 Å².